The van der Waals surface area contributed by atoms with Crippen molar-refractivity contribution in [3.05, 3.63) is 0 Å². The van der Waals surface area contributed by atoms with Gasteiger partial charge in [0.15, 0.2) is 13.6 Å². The maximum absolute atomic E-state index is 4.50. The Labute approximate surface area is 59.2 Å². The van der Waals surface area contributed by atoms with Gasteiger partial charge in [0.1, 0.15) is 0 Å². The Morgan fingerprint density at radius 1 is 0.778 bits per heavy atom. The molecular weight excluding hydrogens is 116 g/mol. The van der Waals surface area contributed by atoms with Crippen LogP contribution in [-0.4, -0.2) is 13.6 Å². The molecule has 0 bridgehead atoms. The lowest BCUT2D eigenvalue weighted by atomic mass is 11.0. The summed E-state index contributed by atoms with van der Waals surface area (Å²) in [5.74, 6) is 0. The largest absolute Gasteiger partial charge is 0.329 e. The van der Waals surface area contributed by atoms with Gasteiger partial charge in [-0.1, -0.05) is 35.1 Å². The van der Waals surface area contributed by atoms with Crippen molar-refractivity contribution in [2.24, 2.45) is 0 Å². The molecule has 1 rings (SSSR count). The first-order chi connectivity index (χ1) is 4.00. The number of hydrogen-bond acceptors (Lipinski definition) is 2. The van der Waals surface area contributed by atoms with Gasteiger partial charge < -0.3 is 9.47 Å². The fourth-order valence-corrected chi connectivity index (χ4v) is 0.0833. The zero-order valence-corrected chi connectivity index (χ0v) is 6.23. The molecule has 1 fully saturated rings. The molecule has 0 aromatic heterocycles. The SMILES string of the molecule is C.C1OCO1.CC.CC. The molecule has 0 spiro atoms. The monoisotopic (exact) mass is 136 g/mol. The minimum atomic E-state index is 0. The van der Waals surface area contributed by atoms with Crippen LogP contribution in [0.15, 0.2) is 0 Å². The summed E-state index contributed by atoms with van der Waals surface area (Å²) in [5.41, 5.74) is 0. The summed E-state index contributed by atoms with van der Waals surface area (Å²) in [5, 5.41) is 0. The van der Waals surface area contributed by atoms with Crippen molar-refractivity contribution >= 4 is 0 Å². The van der Waals surface area contributed by atoms with Gasteiger partial charge in [-0.25, -0.2) is 0 Å². The zero-order chi connectivity index (χ0) is 6.83. The van der Waals surface area contributed by atoms with E-state index in [0.29, 0.717) is 13.6 Å². The molecule has 2 heteroatoms. The van der Waals surface area contributed by atoms with Crippen molar-refractivity contribution in [3.63, 3.8) is 0 Å². The Kier molecular flexibility index (Phi) is 43.8. The molecular formula is C7H20O2. The molecule has 1 aliphatic rings. The molecule has 9 heavy (non-hydrogen) atoms. The molecule has 0 saturated carbocycles. The van der Waals surface area contributed by atoms with E-state index < -0.39 is 0 Å². The van der Waals surface area contributed by atoms with E-state index in [1.807, 2.05) is 27.7 Å². The van der Waals surface area contributed by atoms with E-state index >= 15 is 0 Å². The predicted molar refractivity (Wildman–Crippen MR) is 41.3 cm³/mol. The van der Waals surface area contributed by atoms with Crippen LogP contribution in [0.3, 0.4) is 0 Å². The van der Waals surface area contributed by atoms with E-state index in [9.17, 15) is 0 Å². The lowest BCUT2D eigenvalue weighted by Crippen LogP contribution is -2.14. The highest BCUT2D eigenvalue weighted by molar-refractivity contribution is 4.09. The first-order valence-corrected chi connectivity index (χ1v) is 3.15. The number of rotatable bonds is 0. The average Bonchev–Trinajstić information content (AvgIpc) is 1.72. The number of hydrogen-bond donors (Lipinski definition) is 0. The fourth-order valence-electron chi connectivity index (χ4n) is 0.0833. The van der Waals surface area contributed by atoms with Crippen molar-refractivity contribution < 1.29 is 9.47 Å². The van der Waals surface area contributed by atoms with Crippen LogP contribution in [0.4, 0.5) is 0 Å². The Balaban J connectivity index is -0.0000000651. The summed E-state index contributed by atoms with van der Waals surface area (Å²) in [6, 6.07) is 0. The van der Waals surface area contributed by atoms with Crippen LogP contribution in [0.25, 0.3) is 0 Å². The Bertz CT molecular complexity index is 14.9. The van der Waals surface area contributed by atoms with Gasteiger partial charge in [-0.15, -0.1) is 0 Å². The Morgan fingerprint density at radius 2 is 0.889 bits per heavy atom. The van der Waals surface area contributed by atoms with Crippen LogP contribution < -0.4 is 0 Å². The van der Waals surface area contributed by atoms with Crippen LogP contribution in [0.2, 0.25) is 0 Å². The van der Waals surface area contributed by atoms with E-state index in [4.69, 9.17) is 0 Å². The van der Waals surface area contributed by atoms with Crippen molar-refractivity contribution in [1.82, 2.24) is 0 Å². The molecule has 0 radical (unpaired) electrons. The Morgan fingerprint density at radius 3 is 0.889 bits per heavy atom. The molecule has 1 saturated heterocycles. The summed E-state index contributed by atoms with van der Waals surface area (Å²) < 4.78 is 9.00. The maximum Gasteiger partial charge on any atom is 0.152 e. The highest BCUT2D eigenvalue weighted by atomic mass is 16.8. The van der Waals surface area contributed by atoms with Crippen molar-refractivity contribution in [2.75, 3.05) is 13.6 Å². The molecule has 1 heterocycles. The molecule has 0 atom stereocenters. The van der Waals surface area contributed by atoms with Gasteiger partial charge in [-0.05, 0) is 0 Å². The van der Waals surface area contributed by atoms with Crippen LogP contribution in [-0.2, 0) is 9.47 Å². The van der Waals surface area contributed by atoms with Crippen LogP contribution in [0, 0.1) is 0 Å². The summed E-state index contributed by atoms with van der Waals surface area (Å²) in [7, 11) is 0. The van der Waals surface area contributed by atoms with Crippen LogP contribution in [0.1, 0.15) is 35.1 Å². The third-order valence-corrected chi connectivity index (χ3v) is 0.333. The highest BCUT2D eigenvalue weighted by Crippen LogP contribution is 1.87. The second kappa shape index (κ2) is 24.7. The van der Waals surface area contributed by atoms with E-state index in [1.165, 1.54) is 0 Å². The van der Waals surface area contributed by atoms with Gasteiger partial charge in [0, 0.05) is 0 Å². The lowest BCUT2D eigenvalue weighted by Gasteiger charge is -2.10. The van der Waals surface area contributed by atoms with Gasteiger partial charge in [0.2, 0.25) is 0 Å². The molecule has 0 N–H and O–H groups in total. The van der Waals surface area contributed by atoms with E-state index in [-0.39, 0.29) is 7.43 Å². The normalized spacial score (nSPS) is 12.0. The first kappa shape index (κ1) is 16.0. The van der Waals surface area contributed by atoms with Gasteiger partial charge in [-0.2, -0.15) is 0 Å². The molecule has 0 aliphatic carbocycles. The van der Waals surface area contributed by atoms with Crippen LogP contribution in [0.5, 0.6) is 0 Å². The second-order valence-electron chi connectivity index (χ2n) is 0.644. The second-order valence-corrected chi connectivity index (χ2v) is 0.644. The minimum absolute atomic E-state index is 0. The van der Waals surface area contributed by atoms with Gasteiger partial charge in [-0.3, -0.25) is 0 Å². The predicted octanol–water partition coefficient (Wildman–Crippen LogP) is 2.64. The molecule has 0 amide bonds. The third-order valence-electron chi connectivity index (χ3n) is 0.333. The van der Waals surface area contributed by atoms with Crippen molar-refractivity contribution in [2.45, 2.75) is 35.1 Å². The van der Waals surface area contributed by atoms with Crippen LogP contribution >= 0.6 is 0 Å². The van der Waals surface area contributed by atoms with E-state index in [2.05, 4.69) is 9.47 Å². The zero-order valence-electron chi connectivity index (χ0n) is 6.23. The van der Waals surface area contributed by atoms with E-state index in [1.54, 1.807) is 0 Å². The summed E-state index contributed by atoms with van der Waals surface area (Å²) >= 11 is 0. The average molecular weight is 136 g/mol. The topological polar surface area (TPSA) is 18.5 Å². The van der Waals surface area contributed by atoms with Gasteiger partial charge >= 0.3 is 0 Å². The summed E-state index contributed by atoms with van der Waals surface area (Å²) in [4.78, 5) is 0. The molecule has 1 aliphatic heterocycles. The van der Waals surface area contributed by atoms with Crippen molar-refractivity contribution in [3.8, 4) is 0 Å². The summed E-state index contributed by atoms with van der Waals surface area (Å²) in [6.45, 7) is 9.00. The molecule has 2 nitrogen and oxygen atoms in total. The van der Waals surface area contributed by atoms with E-state index in [0.717, 1.165) is 0 Å². The van der Waals surface area contributed by atoms with Gasteiger partial charge in [0.25, 0.3) is 0 Å². The standard InChI is InChI=1S/C2H4O2.2C2H6.CH4/c1-3-2-4-1;2*1-2;/h1-2H2;2*1-2H3;1H4. The quantitative estimate of drug-likeness (QED) is 0.509. The van der Waals surface area contributed by atoms with Crippen molar-refractivity contribution in [1.29, 1.82) is 0 Å². The highest BCUT2D eigenvalue weighted by Gasteiger charge is 1.93. The fraction of sp³-hybridized carbons (Fsp3) is 1.00. The number of ether oxygens (including phenoxy) is 2. The molecule has 0 unspecified atom stereocenters. The lowest BCUT2D eigenvalue weighted by molar-refractivity contribution is -0.247. The smallest absolute Gasteiger partial charge is 0.152 e. The van der Waals surface area contributed by atoms with Gasteiger partial charge in [0.05, 0.1) is 0 Å². The molecule has 0 aromatic carbocycles. The maximum atomic E-state index is 4.50. The summed E-state index contributed by atoms with van der Waals surface area (Å²) in [6.07, 6.45) is 0. The first-order valence-electron chi connectivity index (χ1n) is 3.15. The molecule has 0 aromatic rings. The Hall–Kier alpha value is -0.0800. The minimum Gasteiger partial charge on any atom is -0.329 e. The third kappa shape index (κ3) is 18.1. The molecule has 60 valence electrons.